The zero-order valence-corrected chi connectivity index (χ0v) is 11.4. The lowest BCUT2D eigenvalue weighted by Gasteiger charge is -2.09. The molecule has 90 valence electrons. The van der Waals surface area contributed by atoms with Gasteiger partial charge < -0.3 is 11.1 Å². The average Bonchev–Trinajstić information content (AvgIpc) is 2.35. The van der Waals surface area contributed by atoms with E-state index in [2.05, 4.69) is 27.9 Å². The predicted octanol–water partition coefficient (Wildman–Crippen LogP) is 3.63. The first kappa shape index (κ1) is 12.6. The maximum absolute atomic E-state index is 13.2. The largest absolute Gasteiger partial charge is 0.399 e. The third-order valence-corrected chi connectivity index (χ3v) is 3.25. The van der Waals surface area contributed by atoms with Gasteiger partial charge in [0.25, 0.3) is 0 Å². The molecule has 3 nitrogen and oxygen atoms in total. The van der Waals surface area contributed by atoms with Crippen molar-refractivity contribution in [2.24, 2.45) is 0 Å². The van der Waals surface area contributed by atoms with Crippen LogP contribution in [0.1, 0.15) is 5.56 Å². The molecule has 0 aliphatic heterocycles. The molecule has 0 bridgehead atoms. The molecule has 0 fully saturated rings. The summed E-state index contributed by atoms with van der Waals surface area (Å²) in [6, 6.07) is 11.6. The summed E-state index contributed by atoms with van der Waals surface area (Å²) in [6.45, 7) is 0. The highest BCUT2D eigenvalue weighted by Gasteiger charge is 2.05. The van der Waals surface area contributed by atoms with Crippen LogP contribution in [0.3, 0.4) is 0 Å². The van der Waals surface area contributed by atoms with E-state index in [0.29, 0.717) is 11.4 Å². The lowest BCUT2D eigenvalue weighted by molar-refractivity contribution is 0.624. The Morgan fingerprint density at radius 3 is 2.67 bits per heavy atom. The first-order valence-corrected chi connectivity index (χ1v) is 6.20. The predicted molar refractivity (Wildman–Crippen MR) is 78.0 cm³/mol. The zero-order valence-electron chi connectivity index (χ0n) is 9.24. The molecule has 0 saturated heterocycles. The van der Waals surface area contributed by atoms with Crippen molar-refractivity contribution in [3.8, 4) is 6.07 Å². The maximum atomic E-state index is 13.2. The Morgan fingerprint density at radius 1 is 1.22 bits per heavy atom. The molecule has 3 N–H and O–H groups in total. The Morgan fingerprint density at radius 2 is 2.00 bits per heavy atom. The van der Waals surface area contributed by atoms with Crippen LogP contribution < -0.4 is 11.1 Å². The van der Waals surface area contributed by atoms with Gasteiger partial charge in [-0.3, -0.25) is 0 Å². The molecule has 0 aromatic heterocycles. The monoisotopic (exact) mass is 353 g/mol. The number of nitrogen functional groups attached to an aromatic ring is 1. The maximum Gasteiger partial charge on any atom is 0.141 e. The Bertz CT molecular complexity index is 635. The molecule has 0 aliphatic carbocycles. The third-order valence-electron chi connectivity index (χ3n) is 2.36. The summed E-state index contributed by atoms with van der Waals surface area (Å²) >= 11 is 2.16. The molecular formula is C13H9FIN3. The van der Waals surface area contributed by atoms with E-state index in [0.717, 1.165) is 9.26 Å². The molecule has 0 saturated carbocycles. The van der Waals surface area contributed by atoms with E-state index in [-0.39, 0.29) is 5.56 Å². The number of anilines is 3. The number of nitriles is 1. The number of rotatable bonds is 2. The van der Waals surface area contributed by atoms with E-state index in [1.54, 1.807) is 12.1 Å². The fourth-order valence-corrected chi connectivity index (χ4v) is 2.15. The highest BCUT2D eigenvalue weighted by Crippen LogP contribution is 2.25. The Labute approximate surface area is 118 Å². The van der Waals surface area contributed by atoms with Crippen molar-refractivity contribution in [3.05, 3.63) is 51.3 Å². The second-order valence-corrected chi connectivity index (χ2v) is 4.83. The van der Waals surface area contributed by atoms with E-state index in [1.165, 1.54) is 12.1 Å². The summed E-state index contributed by atoms with van der Waals surface area (Å²) in [4.78, 5) is 0. The molecule has 0 unspecified atom stereocenters. The van der Waals surface area contributed by atoms with Crippen molar-refractivity contribution in [1.82, 2.24) is 0 Å². The highest BCUT2D eigenvalue weighted by molar-refractivity contribution is 14.1. The van der Waals surface area contributed by atoms with Gasteiger partial charge in [0.2, 0.25) is 0 Å². The summed E-state index contributed by atoms with van der Waals surface area (Å²) in [6.07, 6.45) is 0. The Kier molecular flexibility index (Phi) is 3.67. The van der Waals surface area contributed by atoms with Crippen molar-refractivity contribution < 1.29 is 4.39 Å². The molecule has 0 atom stereocenters. The fourth-order valence-electron chi connectivity index (χ4n) is 1.48. The second-order valence-electron chi connectivity index (χ2n) is 3.67. The summed E-state index contributed by atoms with van der Waals surface area (Å²) in [5, 5.41) is 11.9. The van der Waals surface area contributed by atoms with Crippen LogP contribution in [0.15, 0.2) is 36.4 Å². The first-order chi connectivity index (χ1) is 8.60. The molecule has 0 aliphatic rings. The standard InChI is InChI=1S/C13H9FIN3/c14-11-3-2-10(5-8(11)7-16)18-13-4-1-9(17)6-12(13)15/h1-6,18H,17H2. The number of nitrogens with one attached hydrogen (secondary N) is 1. The van der Waals surface area contributed by atoms with Gasteiger partial charge in [0.05, 0.1) is 11.3 Å². The van der Waals surface area contributed by atoms with Crippen molar-refractivity contribution in [3.63, 3.8) is 0 Å². The molecular weight excluding hydrogens is 344 g/mol. The number of hydrogen-bond acceptors (Lipinski definition) is 3. The van der Waals surface area contributed by atoms with Gasteiger partial charge in [-0.25, -0.2) is 4.39 Å². The van der Waals surface area contributed by atoms with E-state index in [1.807, 2.05) is 18.2 Å². The minimum Gasteiger partial charge on any atom is -0.399 e. The molecule has 2 aromatic carbocycles. The smallest absolute Gasteiger partial charge is 0.141 e. The number of nitrogens with two attached hydrogens (primary N) is 1. The molecule has 0 amide bonds. The van der Waals surface area contributed by atoms with Gasteiger partial charge in [-0.1, -0.05) is 0 Å². The van der Waals surface area contributed by atoms with Gasteiger partial charge in [-0.2, -0.15) is 5.26 Å². The van der Waals surface area contributed by atoms with Crippen molar-refractivity contribution >= 4 is 39.7 Å². The molecule has 0 spiro atoms. The van der Waals surface area contributed by atoms with Gasteiger partial charge >= 0.3 is 0 Å². The van der Waals surface area contributed by atoms with Crippen LogP contribution in [0, 0.1) is 20.7 Å². The van der Waals surface area contributed by atoms with Crippen molar-refractivity contribution in [1.29, 1.82) is 5.26 Å². The lowest BCUT2D eigenvalue weighted by atomic mass is 10.2. The van der Waals surface area contributed by atoms with Crippen LogP contribution in [0.2, 0.25) is 0 Å². The fraction of sp³-hybridized carbons (Fsp3) is 0. The number of nitrogens with zero attached hydrogens (tertiary/aromatic N) is 1. The van der Waals surface area contributed by atoms with Crippen LogP contribution in [0.25, 0.3) is 0 Å². The van der Waals surface area contributed by atoms with Crippen LogP contribution in [0.4, 0.5) is 21.5 Å². The van der Waals surface area contributed by atoms with E-state index in [4.69, 9.17) is 11.0 Å². The minimum absolute atomic E-state index is 0.0189. The van der Waals surface area contributed by atoms with Gasteiger partial charge in [-0.15, -0.1) is 0 Å². The second kappa shape index (κ2) is 5.23. The first-order valence-electron chi connectivity index (χ1n) is 5.12. The Hall–Kier alpha value is -1.81. The van der Waals surface area contributed by atoms with Crippen molar-refractivity contribution in [2.75, 3.05) is 11.1 Å². The summed E-state index contributed by atoms with van der Waals surface area (Å²) < 4.78 is 14.1. The quantitative estimate of drug-likeness (QED) is 0.640. The zero-order chi connectivity index (χ0) is 13.1. The molecule has 5 heteroatoms. The topological polar surface area (TPSA) is 61.8 Å². The van der Waals surface area contributed by atoms with Crippen LogP contribution >= 0.6 is 22.6 Å². The molecule has 0 radical (unpaired) electrons. The van der Waals surface area contributed by atoms with Crippen LogP contribution in [0.5, 0.6) is 0 Å². The van der Waals surface area contributed by atoms with Gasteiger partial charge in [0.15, 0.2) is 0 Å². The lowest BCUT2D eigenvalue weighted by Crippen LogP contribution is -1.96. The van der Waals surface area contributed by atoms with E-state index < -0.39 is 5.82 Å². The number of hydrogen-bond donors (Lipinski definition) is 2. The van der Waals surface area contributed by atoms with Crippen molar-refractivity contribution in [2.45, 2.75) is 0 Å². The number of halogens is 2. The van der Waals surface area contributed by atoms with Gasteiger partial charge in [0, 0.05) is 14.9 Å². The normalized spacial score (nSPS) is 9.83. The Balaban J connectivity index is 2.32. The molecule has 18 heavy (non-hydrogen) atoms. The summed E-state index contributed by atoms with van der Waals surface area (Å²) in [5.41, 5.74) is 7.89. The van der Waals surface area contributed by atoms with Crippen LogP contribution in [-0.2, 0) is 0 Å². The molecule has 0 heterocycles. The highest BCUT2D eigenvalue weighted by atomic mass is 127. The number of benzene rings is 2. The summed E-state index contributed by atoms with van der Waals surface area (Å²) in [5.74, 6) is -0.518. The van der Waals surface area contributed by atoms with Gasteiger partial charge in [-0.05, 0) is 59.0 Å². The van der Waals surface area contributed by atoms with Gasteiger partial charge in [0.1, 0.15) is 11.9 Å². The SMILES string of the molecule is N#Cc1cc(Nc2ccc(N)cc2I)ccc1F. The summed E-state index contributed by atoms with van der Waals surface area (Å²) in [7, 11) is 0. The van der Waals surface area contributed by atoms with E-state index in [9.17, 15) is 4.39 Å². The van der Waals surface area contributed by atoms with Crippen LogP contribution in [-0.4, -0.2) is 0 Å². The average molecular weight is 353 g/mol. The third kappa shape index (κ3) is 2.71. The van der Waals surface area contributed by atoms with E-state index >= 15 is 0 Å². The molecule has 2 aromatic rings. The molecule has 2 rings (SSSR count). The minimum atomic E-state index is -0.518.